The van der Waals surface area contributed by atoms with Crippen LogP contribution in [-0.2, 0) is 0 Å². The van der Waals surface area contributed by atoms with E-state index < -0.39 is 10.8 Å². The number of amides is 1. The Hall–Kier alpha value is -3.42. The zero-order valence-electron chi connectivity index (χ0n) is 12.1. The van der Waals surface area contributed by atoms with E-state index >= 15 is 0 Å². The second-order valence-corrected chi connectivity index (χ2v) is 4.89. The van der Waals surface area contributed by atoms with E-state index in [1.165, 1.54) is 0 Å². The number of benzene rings is 1. The number of fused-ring (bicyclic) bond motifs is 1. The number of aromatic nitrogens is 2. The Kier molecular flexibility index (Phi) is 3.41. The molecule has 1 amide bonds. The van der Waals surface area contributed by atoms with Crippen LogP contribution in [0, 0.1) is 17.0 Å². The Morgan fingerprint density at radius 1 is 1.35 bits per heavy atom. The minimum atomic E-state index is -0.603. The van der Waals surface area contributed by atoms with E-state index in [1.807, 2.05) is 0 Å². The molecule has 8 nitrogen and oxygen atoms in total. The molecule has 1 aromatic carbocycles. The normalized spacial score (nSPS) is 10.7. The second-order valence-electron chi connectivity index (χ2n) is 4.89. The van der Waals surface area contributed by atoms with Crippen molar-refractivity contribution in [3.8, 4) is 5.75 Å². The second kappa shape index (κ2) is 5.41. The fraction of sp³-hybridized carbons (Fsp3) is 0.0667. The van der Waals surface area contributed by atoms with Crippen molar-refractivity contribution in [2.24, 2.45) is 0 Å². The molecule has 3 rings (SSSR count). The number of nitro benzene ring substituents is 1. The van der Waals surface area contributed by atoms with Crippen molar-refractivity contribution in [3.63, 3.8) is 0 Å². The lowest BCUT2D eigenvalue weighted by atomic mass is 10.2. The van der Waals surface area contributed by atoms with Gasteiger partial charge < -0.3 is 10.4 Å². The Bertz CT molecular complexity index is 932. The largest absolute Gasteiger partial charge is 0.506 e. The number of nitrogens with zero attached hydrogens (tertiary/aromatic N) is 3. The molecule has 2 heterocycles. The van der Waals surface area contributed by atoms with Gasteiger partial charge in [-0.05, 0) is 25.1 Å². The molecule has 2 N–H and O–H groups in total. The molecule has 23 heavy (non-hydrogen) atoms. The average molecular weight is 312 g/mol. The van der Waals surface area contributed by atoms with Gasteiger partial charge in [0.15, 0.2) is 0 Å². The monoisotopic (exact) mass is 312 g/mol. The molecule has 0 aliphatic rings. The van der Waals surface area contributed by atoms with Crippen LogP contribution >= 0.6 is 0 Å². The van der Waals surface area contributed by atoms with E-state index in [1.54, 1.807) is 35.7 Å². The highest BCUT2D eigenvalue weighted by Gasteiger charge is 2.19. The molecule has 0 aliphatic heterocycles. The Morgan fingerprint density at radius 3 is 2.87 bits per heavy atom. The quantitative estimate of drug-likeness (QED) is 0.438. The van der Waals surface area contributed by atoms with Crippen LogP contribution in [0.25, 0.3) is 5.65 Å². The maximum atomic E-state index is 12.5. The first-order valence-electron chi connectivity index (χ1n) is 6.70. The number of aryl methyl sites for hydroxylation is 1. The number of pyridine rings is 1. The number of non-ortho nitro benzene ring substituents is 1. The Labute approximate surface area is 130 Å². The smallest absolute Gasteiger partial charge is 0.274 e. The number of carbonyl (C=O) groups excluding carboxylic acids is 1. The number of phenolic OH excluding ortho intramolecular Hbond substituents is 1. The summed E-state index contributed by atoms with van der Waals surface area (Å²) in [6.45, 7) is 1.69. The highest BCUT2D eigenvalue weighted by molar-refractivity contribution is 6.05. The molecule has 0 spiro atoms. The van der Waals surface area contributed by atoms with Gasteiger partial charge in [-0.1, -0.05) is 6.07 Å². The standard InChI is InChI=1S/C15H12N4O4/c1-9-14(18-7-3-2-4-13(18)16-9)15(21)17-11-8-10(19(22)23)5-6-12(11)20/h2-8,20H,1H3,(H,17,21). The Morgan fingerprint density at radius 2 is 2.13 bits per heavy atom. The number of nitro groups is 1. The number of aromatic hydroxyl groups is 1. The third-order valence-electron chi connectivity index (χ3n) is 3.36. The van der Waals surface area contributed by atoms with E-state index in [9.17, 15) is 20.0 Å². The number of phenols is 1. The molecule has 0 radical (unpaired) electrons. The number of hydrogen-bond acceptors (Lipinski definition) is 5. The van der Waals surface area contributed by atoms with Gasteiger partial charge in [0.25, 0.3) is 11.6 Å². The van der Waals surface area contributed by atoms with Crippen molar-refractivity contribution in [3.05, 3.63) is 64.1 Å². The predicted molar refractivity (Wildman–Crippen MR) is 82.6 cm³/mol. The van der Waals surface area contributed by atoms with Crippen LogP contribution < -0.4 is 5.32 Å². The maximum absolute atomic E-state index is 12.5. The third kappa shape index (κ3) is 2.57. The predicted octanol–water partition coefficient (Wildman–Crippen LogP) is 2.51. The molecule has 0 unspecified atom stereocenters. The third-order valence-corrected chi connectivity index (χ3v) is 3.36. The molecule has 0 bridgehead atoms. The highest BCUT2D eigenvalue weighted by Crippen LogP contribution is 2.28. The molecule has 0 atom stereocenters. The summed E-state index contributed by atoms with van der Waals surface area (Å²) in [5.74, 6) is -0.771. The SMILES string of the molecule is Cc1nc2ccccn2c1C(=O)Nc1cc([N+](=O)[O-])ccc1O. The number of imidazole rings is 1. The summed E-state index contributed by atoms with van der Waals surface area (Å²) in [5.41, 5.74) is 1.16. The van der Waals surface area contributed by atoms with E-state index in [0.29, 0.717) is 17.0 Å². The maximum Gasteiger partial charge on any atom is 0.274 e. The van der Waals surface area contributed by atoms with Crippen LogP contribution in [0.2, 0.25) is 0 Å². The van der Waals surface area contributed by atoms with Gasteiger partial charge in [-0.2, -0.15) is 0 Å². The highest BCUT2D eigenvalue weighted by atomic mass is 16.6. The Balaban J connectivity index is 2.00. The summed E-state index contributed by atoms with van der Waals surface area (Å²) in [5, 5.41) is 23.1. The van der Waals surface area contributed by atoms with Crippen LogP contribution in [0.3, 0.4) is 0 Å². The van der Waals surface area contributed by atoms with E-state index in [-0.39, 0.29) is 17.1 Å². The number of anilines is 1. The fourth-order valence-electron chi connectivity index (χ4n) is 2.31. The fourth-order valence-corrected chi connectivity index (χ4v) is 2.31. The summed E-state index contributed by atoms with van der Waals surface area (Å²) in [6.07, 6.45) is 1.69. The van der Waals surface area contributed by atoms with E-state index in [4.69, 9.17) is 0 Å². The molecule has 0 fully saturated rings. The molecule has 0 saturated carbocycles. The van der Waals surface area contributed by atoms with Crippen molar-refractivity contribution in [1.82, 2.24) is 9.38 Å². The lowest BCUT2D eigenvalue weighted by Gasteiger charge is -2.07. The van der Waals surface area contributed by atoms with Gasteiger partial charge in [0.05, 0.1) is 16.3 Å². The first-order chi connectivity index (χ1) is 11.0. The van der Waals surface area contributed by atoms with Gasteiger partial charge in [-0.15, -0.1) is 0 Å². The summed E-state index contributed by atoms with van der Waals surface area (Å²) in [6, 6.07) is 8.74. The number of rotatable bonds is 3. The summed E-state index contributed by atoms with van der Waals surface area (Å²) in [7, 11) is 0. The molecule has 2 aromatic heterocycles. The lowest BCUT2D eigenvalue weighted by molar-refractivity contribution is -0.384. The molecule has 3 aromatic rings. The van der Waals surface area contributed by atoms with Crippen molar-refractivity contribution in [1.29, 1.82) is 0 Å². The minimum absolute atomic E-state index is 0.0329. The molecule has 0 aliphatic carbocycles. The number of hydrogen-bond donors (Lipinski definition) is 2. The zero-order valence-corrected chi connectivity index (χ0v) is 12.1. The molecular weight excluding hydrogens is 300 g/mol. The van der Waals surface area contributed by atoms with Gasteiger partial charge in [0, 0.05) is 18.3 Å². The first kappa shape index (κ1) is 14.5. The zero-order chi connectivity index (χ0) is 16.6. The first-order valence-corrected chi connectivity index (χ1v) is 6.70. The topological polar surface area (TPSA) is 110 Å². The molecule has 0 saturated heterocycles. The average Bonchev–Trinajstić information content (AvgIpc) is 2.85. The van der Waals surface area contributed by atoms with Crippen molar-refractivity contribution in [2.45, 2.75) is 6.92 Å². The summed E-state index contributed by atoms with van der Waals surface area (Å²) in [4.78, 5) is 27.0. The van der Waals surface area contributed by atoms with Gasteiger partial charge in [0.2, 0.25) is 0 Å². The molecule has 8 heteroatoms. The van der Waals surface area contributed by atoms with Gasteiger partial charge in [0.1, 0.15) is 17.1 Å². The van der Waals surface area contributed by atoms with Crippen LogP contribution in [-0.4, -0.2) is 25.3 Å². The van der Waals surface area contributed by atoms with Gasteiger partial charge in [-0.3, -0.25) is 19.3 Å². The van der Waals surface area contributed by atoms with E-state index in [0.717, 1.165) is 18.2 Å². The van der Waals surface area contributed by atoms with Gasteiger partial charge >= 0.3 is 0 Å². The minimum Gasteiger partial charge on any atom is -0.506 e. The van der Waals surface area contributed by atoms with Crippen molar-refractivity contribution >= 4 is 22.9 Å². The van der Waals surface area contributed by atoms with Crippen molar-refractivity contribution < 1.29 is 14.8 Å². The molecular formula is C15H12N4O4. The number of carbonyl (C=O) groups is 1. The van der Waals surface area contributed by atoms with Crippen LogP contribution in [0.1, 0.15) is 16.2 Å². The van der Waals surface area contributed by atoms with Crippen LogP contribution in [0.5, 0.6) is 5.75 Å². The van der Waals surface area contributed by atoms with Crippen LogP contribution in [0.4, 0.5) is 11.4 Å². The van der Waals surface area contributed by atoms with Crippen LogP contribution in [0.15, 0.2) is 42.6 Å². The summed E-state index contributed by atoms with van der Waals surface area (Å²) >= 11 is 0. The lowest BCUT2D eigenvalue weighted by Crippen LogP contribution is -2.15. The summed E-state index contributed by atoms with van der Waals surface area (Å²) < 4.78 is 1.61. The van der Waals surface area contributed by atoms with Gasteiger partial charge in [-0.25, -0.2) is 4.98 Å². The van der Waals surface area contributed by atoms with Crippen molar-refractivity contribution in [2.75, 3.05) is 5.32 Å². The molecule has 116 valence electrons. The van der Waals surface area contributed by atoms with E-state index in [2.05, 4.69) is 10.3 Å². The number of nitrogens with one attached hydrogen (secondary N) is 1.